The number of carbonyl (C=O) groups excluding carboxylic acids is 3. The zero-order chi connectivity index (χ0) is 15.3. The molecular weight excluding hydrogens is 258 g/mol. The van der Waals surface area contributed by atoms with E-state index in [-0.39, 0.29) is 5.92 Å². The number of esters is 1. The van der Waals surface area contributed by atoms with Crippen LogP contribution in [0.5, 0.6) is 0 Å². The first-order valence-electron chi connectivity index (χ1n) is 6.36. The molecule has 5 nitrogen and oxygen atoms in total. The van der Waals surface area contributed by atoms with Gasteiger partial charge >= 0.3 is 5.97 Å². The Balaban J connectivity index is 2.81. The Labute approximate surface area is 118 Å². The first-order chi connectivity index (χ1) is 9.36. The Hall–Kier alpha value is -2.17. The predicted octanol–water partition coefficient (Wildman–Crippen LogP) is 1.49. The molecule has 0 aliphatic carbocycles. The number of aryl methyl sites for hydroxylation is 1. The molecule has 0 heterocycles. The molecule has 1 atom stereocenters. The zero-order valence-electron chi connectivity index (χ0n) is 12.1. The van der Waals surface area contributed by atoms with Gasteiger partial charge in [-0.3, -0.25) is 9.59 Å². The highest BCUT2D eigenvalue weighted by atomic mass is 16.5. The predicted molar refractivity (Wildman–Crippen MR) is 74.3 cm³/mol. The Morgan fingerprint density at radius 2 is 1.65 bits per heavy atom. The third-order valence-corrected chi connectivity index (χ3v) is 2.93. The summed E-state index contributed by atoms with van der Waals surface area (Å²) in [5, 5.41) is 2.42. The van der Waals surface area contributed by atoms with Crippen molar-refractivity contribution in [1.82, 2.24) is 5.32 Å². The third-order valence-electron chi connectivity index (χ3n) is 2.93. The van der Waals surface area contributed by atoms with E-state index in [1.165, 1.54) is 7.11 Å². The van der Waals surface area contributed by atoms with Crippen LogP contribution >= 0.6 is 0 Å². The maximum Gasteiger partial charge on any atom is 0.328 e. The number of benzene rings is 1. The van der Waals surface area contributed by atoms with Gasteiger partial charge in [-0.2, -0.15) is 0 Å². The fraction of sp³-hybridized carbons (Fsp3) is 0.400. The molecule has 0 aliphatic heterocycles. The summed E-state index contributed by atoms with van der Waals surface area (Å²) in [6.07, 6.45) is 0. The van der Waals surface area contributed by atoms with Crippen LogP contribution in [0.4, 0.5) is 0 Å². The third kappa shape index (κ3) is 3.91. The molecule has 0 bridgehead atoms. The van der Waals surface area contributed by atoms with Gasteiger partial charge in [0, 0.05) is 5.56 Å². The largest absolute Gasteiger partial charge is 0.467 e. The van der Waals surface area contributed by atoms with Gasteiger partial charge in [0.2, 0.25) is 5.78 Å². The minimum Gasteiger partial charge on any atom is -0.467 e. The Morgan fingerprint density at radius 1 is 1.10 bits per heavy atom. The lowest BCUT2D eigenvalue weighted by atomic mass is 10.0. The van der Waals surface area contributed by atoms with Gasteiger partial charge in [0.05, 0.1) is 7.11 Å². The van der Waals surface area contributed by atoms with Crippen molar-refractivity contribution in [3.8, 4) is 0 Å². The second-order valence-corrected chi connectivity index (χ2v) is 4.91. The number of hydrogen-bond donors (Lipinski definition) is 1. The van der Waals surface area contributed by atoms with Crippen LogP contribution in [-0.4, -0.2) is 30.8 Å². The van der Waals surface area contributed by atoms with Crippen LogP contribution in [0.2, 0.25) is 0 Å². The van der Waals surface area contributed by atoms with Crippen LogP contribution in [0.3, 0.4) is 0 Å². The van der Waals surface area contributed by atoms with E-state index >= 15 is 0 Å². The number of carbonyl (C=O) groups is 3. The maximum absolute atomic E-state index is 12.0. The topological polar surface area (TPSA) is 72.5 Å². The summed E-state index contributed by atoms with van der Waals surface area (Å²) in [7, 11) is 1.24. The van der Waals surface area contributed by atoms with E-state index in [0.717, 1.165) is 5.56 Å². The minimum absolute atomic E-state index is 0.169. The molecule has 1 amide bonds. The molecule has 0 radical (unpaired) electrons. The van der Waals surface area contributed by atoms with E-state index in [1.54, 1.807) is 38.1 Å². The molecule has 0 fully saturated rings. The summed E-state index contributed by atoms with van der Waals surface area (Å²) in [5.74, 6) is -2.21. The van der Waals surface area contributed by atoms with Gasteiger partial charge < -0.3 is 10.1 Å². The monoisotopic (exact) mass is 277 g/mol. The normalized spacial score (nSPS) is 11.8. The van der Waals surface area contributed by atoms with E-state index in [2.05, 4.69) is 10.1 Å². The summed E-state index contributed by atoms with van der Waals surface area (Å²) in [5.41, 5.74) is 1.29. The van der Waals surface area contributed by atoms with Crippen LogP contribution in [0.15, 0.2) is 24.3 Å². The van der Waals surface area contributed by atoms with Crippen LogP contribution in [0, 0.1) is 12.8 Å². The molecule has 5 heteroatoms. The highest BCUT2D eigenvalue weighted by Gasteiger charge is 2.27. The summed E-state index contributed by atoms with van der Waals surface area (Å²) in [4.78, 5) is 35.4. The van der Waals surface area contributed by atoms with Crippen molar-refractivity contribution >= 4 is 17.7 Å². The fourth-order valence-electron chi connectivity index (χ4n) is 1.67. The van der Waals surface area contributed by atoms with Gasteiger partial charge in [-0.25, -0.2) is 4.79 Å². The average Bonchev–Trinajstić information content (AvgIpc) is 2.43. The average molecular weight is 277 g/mol. The van der Waals surface area contributed by atoms with Gasteiger partial charge in [-0.1, -0.05) is 43.7 Å². The summed E-state index contributed by atoms with van der Waals surface area (Å²) >= 11 is 0. The van der Waals surface area contributed by atoms with Crippen molar-refractivity contribution in [1.29, 1.82) is 0 Å². The van der Waals surface area contributed by atoms with Gasteiger partial charge in [-0.15, -0.1) is 0 Å². The highest BCUT2D eigenvalue weighted by Crippen LogP contribution is 2.07. The van der Waals surface area contributed by atoms with Gasteiger partial charge in [0.1, 0.15) is 6.04 Å². The summed E-state index contributed by atoms with van der Waals surface area (Å²) in [6.45, 7) is 5.41. The van der Waals surface area contributed by atoms with E-state index < -0.39 is 23.7 Å². The lowest BCUT2D eigenvalue weighted by Gasteiger charge is -2.19. The Morgan fingerprint density at radius 3 is 2.10 bits per heavy atom. The second-order valence-electron chi connectivity index (χ2n) is 4.91. The molecule has 1 aromatic rings. The number of hydrogen-bond acceptors (Lipinski definition) is 4. The molecule has 20 heavy (non-hydrogen) atoms. The molecular formula is C15H19NO4. The lowest BCUT2D eigenvalue weighted by molar-refractivity contribution is -0.145. The lowest BCUT2D eigenvalue weighted by Crippen LogP contribution is -2.47. The second kappa shape index (κ2) is 6.84. The SMILES string of the molecule is COC(=O)[C@@H](NC(=O)C(=O)c1ccc(C)cc1)C(C)C. The molecule has 108 valence electrons. The van der Waals surface area contributed by atoms with E-state index in [0.29, 0.717) is 5.56 Å². The van der Waals surface area contributed by atoms with Gasteiger partial charge in [0.15, 0.2) is 0 Å². The van der Waals surface area contributed by atoms with Crippen LogP contribution in [0.25, 0.3) is 0 Å². The molecule has 0 saturated carbocycles. The molecule has 1 aromatic carbocycles. The number of ether oxygens (including phenoxy) is 1. The molecule has 1 N–H and O–H groups in total. The molecule has 0 unspecified atom stereocenters. The minimum atomic E-state index is -0.832. The number of Topliss-reactive ketones (excluding diaryl/α,β-unsaturated/α-hetero) is 1. The quantitative estimate of drug-likeness (QED) is 0.503. The number of amides is 1. The van der Waals surface area contributed by atoms with E-state index in [4.69, 9.17) is 0 Å². The van der Waals surface area contributed by atoms with E-state index in [9.17, 15) is 14.4 Å². The van der Waals surface area contributed by atoms with Crippen molar-refractivity contribution < 1.29 is 19.1 Å². The maximum atomic E-state index is 12.0. The molecule has 0 aromatic heterocycles. The van der Waals surface area contributed by atoms with E-state index in [1.807, 2.05) is 6.92 Å². The standard InChI is InChI=1S/C15H19NO4/c1-9(2)12(15(19)20-4)16-14(18)13(17)11-7-5-10(3)6-8-11/h5-9,12H,1-4H3,(H,16,18)/t12-/m0/s1. The molecule has 0 spiro atoms. The Kier molecular flexibility index (Phi) is 5.43. The van der Waals surface area contributed by atoms with Crippen molar-refractivity contribution in [2.45, 2.75) is 26.8 Å². The van der Waals surface area contributed by atoms with Gasteiger partial charge in [0.25, 0.3) is 5.91 Å². The number of methoxy groups -OCH3 is 1. The fourth-order valence-corrected chi connectivity index (χ4v) is 1.67. The zero-order valence-corrected chi connectivity index (χ0v) is 12.1. The summed E-state index contributed by atoms with van der Waals surface area (Å²) < 4.78 is 4.61. The van der Waals surface area contributed by atoms with Crippen molar-refractivity contribution in [3.05, 3.63) is 35.4 Å². The highest BCUT2D eigenvalue weighted by molar-refractivity contribution is 6.43. The van der Waals surface area contributed by atoms with Crippen LogP contribution in [-0.2, 0) is 14.3 Å². The summed E-state index contributed by atoms with van der Waals surface area (Å²) in [6, 6.07) is 5.84. The molecule has 0 saturated heterocycles. The number of nitrogens with one attached hydrogen (secondary N) is 1. The number of rotatable bonds is 5. The van der Waals surface area contributed by atoms with Crippen molar-refractivity contribution in [3.63, 3.8) is 0 Å². The van der Waals surface area contributed by atoms with Crippen LogP contribution in [0.1, 0.15) is 29.8 Å². The number of ketones is 1. The first kappa shape index (κ1) is 15.9. The molecule has 0 aliphatic rings. The van der Waals surface area contributed by atoms with Crippen molar-refractivity contribution in [2.24, 2.45) is 5.92 Å². The Bertz CT molecular complexity index is 505. The van der Waals surface area contributed by atoms with Gasteiger partial charge in [-0.05, 0) is 12.8 Å². The smallest absolute Gasteiger partial charge is 0.328 e. The molecule has 1 rings (SSSR count). The van der Waals surface area contributed by atoms with Crippen molar-refractivity contribution in [2.75, 3.05) is 7.11 Å². The van der Waals surface area contributed by atoms with Crippen LogP contribution < -0.4 is 5.32 Å². The first-order valence-corrected chi connectivity index (χ1v) is 6.36.